The fourth-order valence-electron chi connectivity index (χ4n) is 1.43. The Morgan fingerprint density at radius 2 is 2.25 bits per heavy atom. The van der Waals surface area contributed by atoms with Crippen molar-refractivity contribution >= 4 is 17.4 Å². The molecule has 2 aromatic rings. The smallest absolute Gasteiger partial charge is 0.212 e. The fourth-order valence-corrected chi connectivity index (χ4v) is 1.68. The molecule has 1 heterocycles. The topological polar surface area (TPSA) is 34.9 Å². The first-order valence-corrected chi connectivity index (χ1v) is 4.95. The molecule has 82 valence electrons. The van der Waals surface area contributed by atoms with Gasteiger partial charge in [0.15, 0.2) is 0 Å². The van der Waals surface area contributed by atoms with E-state index in [-0.39, 0.29) is 22.1 Å². The molecular formula is C11H8ClFN2O. The molecule has 0 amide bonds. The van der Waals surface area contributed by atoms with Crippen LogP contribution in [0.15, 0.2) is 30.5 Å². The lowest BCUT2D eigenvalue weighted by Gasteiger charge is -2.02. The van der Waals surface area contributed by atoms with Crippen LogP contribution in [0.5, 0.6) is 0 Å². The van der Waals surface area contributed by atoms with E-state index in [0.29, 0.717) is 0 Å². The van der Waals surface area contributed by atoms with Gasteiger partial charge < -0.3 is 0 Å². The molecule has 0 saturated carbocycles. The predicted octanol–water partition coefficient (Wildman–Crippen LogP) is 2.44. The van der Waals surface area contributed by atoms with Gasteiger partial charge in [-0.15, -0.1) is 0 Å². The van der Waals surface area contributed by atoms with E-state index in [4.69, 9.17) is 11.6 Å². The van der Waals surface area contributed by atoms with E-state index < -0.39 is 5.82 Å². The number of aryl methyl sites for hydroxylation is 1. The van der Waals surface area contributed by atoms with E-state index in [1.54, 1.807) is 7.05 Å². The van der Waals surface area contributed by atoms with Crippen LogP contribution in [0, 0.1) is 5.82 Å². The minimum absolute atomic E-state index is 0.255. The zero-order valence-electron chi connectivity index (χ0n) is 8.45. The van der Waals surface area contributed by atoms with Gasteiger partial charge in [-0.25, -0.2) is 4.39 Å². The summed E-state index contributed by atoms with van der Waals surface area (Å²) in [5.74, 6) is -0.798. The molecule has 0 aliphatic heterocycles. The summed E-state index contributed by atoms with van der Waals surface area (Å²) in [5.41, 5.74) is 0.512. The second-order valence-electron chi connectivity index (χ2n) is 3.30. The van der Waals surface area contributed by atoms with Crippen LogP contribution in [0.1, 0.15) is 16.1 Å². The summed E-state index contributed by atoms with van der Waals surface area (Å²) in [7, 11) is 1.61. The molecule has 0 unspecified atom stereocenters. The van der Waals surface area contributed by atoms with Gasteiger partial charge in [0, 0.05) is 12.6 Å². The molecule has 0 aliphatic rings. The summed E-state index contributed by atoms with van der Waals surface area (Å²) < 4.78 is 14.3. The van der Waals surface area contributed by atoms with Gasteiger partial charge in [-0.05, 0) is 12.1 Å². The molecule has 0 atom stereocenters. The van der Waals surface area contributed by atoms with E-state index >= 15 is 0 Å². The van der Waals surface area contributed by atoms with Crippen molar-refractivity contribution in [3.8, 4) is 0 Å². The third-order valence-corrected chi connectivity index (χ3v) is 2.47. The van der Waals surface area contributed by atoms with E-state index in [0.717, 1.165) is 0 Å². The number of hydrogen-bond acceptors (Lipinski definition) is 2. The number of carbonyl (C=O) groups excluding carboxylic acids is 1. The number of benzene rings is 1. The molecule has 16 heavy (non-hydrogen) atoms. The van der Waals surface area contributed by atoms with Crippen molar-refractivity contribution in [2.24, 2.45) is 7.05 Å². The molecule has 0 saturated heterocycles. The predicted molar refractivity (Wildman–Crippen MR) is 58.1 cm³/mol. The lowest BCUT2D eigenvalue weighted by molar-refractivity contribution is 0.103. The maximum Gasteiger partial charge on any atom is 0.212 e. The van der Waals surface area contributed by atoms with E-state index in [1.165, 1.54) is 35.1 Å². The maximum atomic E-state index is 13.0. The van der Waals surface area contributed by atoms with Crippen molar-refractivity contribution < 1.29 is 9.18 Å². The van der Waals surface area contributed by atoms with Gasteiger partial charge in [0.2, 0.25) is 5.78 Å². The van der Waals surface area contributed by atoms with Crippen molar-refractivity contribution in [1.82, 2.24) is 9.78 Å². The number of rotatable bonds is 2. The normalized spacial score (nSPS) is 10.4. The summed E-state index contributed by atoms with van der Waals surface area (Å²) in [5, 5.41) is 4.12. The number of halogens is 2. The van der Waals surface area contributed by atoms with Crippen molar-refractivity contribution in [1.29, 1.82) is 0 Å². The number of nitrogens with zero attached hydrogens (tertiary/aromatic N) is 2. The zero-order valence-corrected chi connectivity index (χ0v) is 9.20. The van der Waals surface area contributed by atoms with Crippen LogP contribution in [0.3, 0.4) is 0 Å². The fraction of sp³-hybridized carbons (Fsp3) is 0.0909. The van der Waals surface area contributed by atoms with Crippen LogP contribution in [0.4, 0.5) is 4.39 Å². The SMILES string of the molecule is Cn1ncc(Cl)c1C(=O)c1cccc(F)c1. The van der Waals surface area contributed by atoms with E-state index in [1.807, 2.05) is 0 Å². The average Bonchev–Trinajstić information content (AvgIpc) is 2.58. The van der Waals surface area contributed by atoms with Crippen molar-refractivity contribution in [2.45, 2.75) is 0 Å². The Labute approximate surface area is 96.5 Å². The number of carbonyl (C=O) groups is 1. The van der Waals surface area contributed by atoms with Gasteiger partial charge in [-0.2, -0.15) is 5.10 Å². The highest BCUT2D eigenvalue weighted by Crippen LogP contribution is 2.18. The first-order chi connectivity index (χ1) is 7.59. The molecule has 0 radical (unpaired) electrons. The first-order valence-electron chi connectivity index (χ1n) is 4.57. The molecule has 0 bridgehead atoms. The molecule has 3 nitrogen and oxygen atoms in total. The highest BCUT2D eigenvalue weighted by Gasteiger charge is 2.17. The third kappa shape index (κ3) is 1.84. The molecule has 1 aromatic heterocycles. The summed E-state index contributed by atoms with van der Waals surface area (Å²) in [6.07, 6.45) is 1.38. The lowest BCUT2D eigenvalue weighted by atomic mass is 10.1. The second-order valence-corrected chi connectivity index (χ2v) is 3.71. The highest BCUT2D eigenvalue weighted by atomic mass is 35.5. The molecule has 0 N–H and O–H groups in total. The van der Waals surface area contributed by atoms with Crippen molar-refractivity contribution in [3.63, 3.8) is 0 Å². The van der Waals surface area contributed by atoms with Crippen LogP contribution >= 0.6 is 11.6 Å². The standard InChI is InChI=1S/C11H8ClFN2O/c1-15-10(9(12)6-14-15)11(16)7-3-2-4-8(13)5-7/h2-6H,1H3. The molecule has 1 aromatic carbocycles. The maximum absolute atomic E-state index is 13.0. The van der Waals surface area contributed by atoms with Crippen LogP contribution < -0.4 is 0 Å². The van der Waals surface area contributed by atoms with Gasteiger partial charge >= 0.3 is 0 Å². The Bertz CT molecular complexity index is 531. The van der Waals surface area contributed by atoms with Crippen LogP contribution in [0.2, 0.25) is 5.02 Å². The van der Waals surface area contributed by atoms with Gasteiger partial charge in [-0.1, -0.05) is 23.7 Å². The van der Waals surface area contributed by atoms with Crippen molar-refractivity contribution in [2.75, 3.05) is 0 Å². The Morgan fingerprint density at radius 1 is 1.50 bits per heavy atom. The van der Waals surface area contributed by atoms with Gasteiger partial charge in [0.25, 0.3) is 0 Å². The number of aromatic nitrogens is 2. The largest absolute Gasteiger partial charge is 0.287 e. The Hall–Kier alpha value is -1.68. The van der Waals surface area contributed by atoms with E-state index in [9.17, 15) is 9.18 Å². The first kappa shape index (κ1) is 10.8. The Balaban J connectivity index is 2.47. The van der Waals surface area contributed by atoms with Crippen LogP contribution in [-0.4, -0.2) is 15.6 Å². The average molecular weight is 239 g/mol. The summed E-state index contributed by atoms with van der Waals surface area (Å²) in [6.45, 7) is 0. The number of hydrogen-bond donors (Lipinski definition) is 0. The zero-order chi connectivity index (χ0) is 11.7. The van der Waals surface area contributed by atoms with Gasteiger partial charge in [0.1, 0.15) is 11.5 Å². The molecule has 0 spiro atoms. The van der Waals surface area contributed by atoms with Gasteiger partial charge in [-0.3, -0.25) is 9.48 Å². The molecular weight excluding hydrogens is 231 g/mol. The van der Waals surface area contributed by atoms with E-state index in [2.05, 4.69) is 5.10 Å². The lowest BCUT2D eigenvalue weighted by Crippen LogP contribution is -2.09. The molecule has 2 rings (SSSR count). The summed E-state index contributed by atoms with van der Waals surface area (Å²) in [6, 6.07) is 5.47. The molecule has 0 fully saturated rings. The summed E-state index contributed by atoms with van der Waals surface area (Å²) in [4.78, 5) is 12.0. The quantitative estimate of drug-likeness (QED) is 0.754. The minimum Gasteiger partial charge on any atom is -0.287 e. The Kier molecular flexibility index (Phi) is 2.75. The second kappa shape index (κ2) is 4.06. The monoisotopic (exact) mass is 238 g/mol. The van der Waals surface area contributed by atoms with Crippen LogP contribution in [0.25, 0.3) is 0 Å². The van der Waals surface area contributed by atoms with Crippen molar-refractivity contribution in [3.05, 3.63) is 52.6 Å². The van der Waals surface area contributed by atoms with Gasteiger partial charge in [0.05, 0.1) is 11.2 Å². The highest BCUT2D eigenvalue weighted by molar-refractivity contribution is 6.34. The van der Waals surface area contributed by atoms with Crippen LogP contribution in [-0.2, 0) is 7.05 Å². The number of ketones is 1. The molecule has 0 aliphatic carbocycles. The minimum atomic E-state index is -0.454. The third-order valence-electron chi connectivity index (χ3n) is 2.20. The summed E-state index contributed by atoms with van der Waals surface area (Å²) >= 11 is 5.83. The Morgan fingerprint density at radius 3 is 2.81 bits per heavy atom. The molecule has 5 heteroatoms.